The number of halogens is 1. The zero-order chi connectivity index (χ0) is 17.9. The number of anilines is 1. The zero-order valence-corrected chi connectivity index (χ0v) is 14.4. The fraction of sp³-hybridized carbons (Fsp3) is 0.333. The fourth-order valence-electron chi connectivity index (χ4n) is 3.14. The van der Waals surface area contributed by atoms with Gasteiger partial charge in [0.05, 0.1) is 23.4 Å². The molecular weight excluding hydrogens is 343 g/mol. The van der Waals surface area contributed by atoms with Gasteiger partial charge in [0, 0.05) is 18.2 Å². The third-order valence-corrected chi connectivity index (χ3v) is 6.15. The summed E-state index contributed by atoms with van der Waals surface area (Å²) in [5.74, 6) is -0.512. The van der Waals surface area contributed by atoms with E-state index in [0.29, 0.717) is 23.2 Å². The Morgan fingerprint density at radius 1 is 1.32 bits per heavy atom. The second-order valence-electron chi connectivity index (χ2n) is 6.31. The van der Waals surface area contributed by atoms with Crippen LogP contribution < -0.4 is 5.32 Å². The number of hydrogen-bond donors (Lipinski definition) is 1. The summed E-state index contributed by atoms with van der Waals surface area (Å²) in [7, 11) is -3.04. The Balaban J connectivity index is 1.74. The average Bonchev–Trinajstić information content (AvgIpc) is 2.54. The summed E-state index contributed by atoms with van der Waals surface area (Å²) in [5, 5.41) is 2.78. The molecule has 3 rings (SSSR count). The Kier molecular flexibility index (Phi) is 5.13. The highest BCUT2D eigenvalue weighted by atomic mass is 32.2. The molecule has 0 bridgehead atoms. The predicted molar refractivity (Wildman–Crippen MR) is 94.3 cm³/mol. The second-order valence-corrected chi connectivity index (χ2v) is 8.54. The molecule has 1 atom stereocenters. The zero-order valence-electron chi connectivity index (χ0n) is 13.6. The van der Waals surface area contributed by atoms with Crippen LogP contribution in [0.2, 0.25) is 0 Å². The van der Waals surface area contributed by atoms with Crippen LogP contribution >= 0.6 is 0 Å². The van der Waals surface area contributed by atoms with Crippen molar-refractivity contribution in [3.05, 3.63) is 48.5 Å². The molecule has 0 aliphatic carbocycles. The smallest absolute Gasteiger partial charge is 0.224 e. The average molecular weight is 362 g/mol. The standard InChI is InChI=1S/C18H19FN2O3S/c19-15-5-1-4-14(10-15)16-6-7-20-11-17(16)21-18(22)9-13-3-2-8-25(23,24)12-13/h1,4-7,10-11,13H,2-3,8-9,12H2,(H,21,22). The molecule has 25 heavy (non-hydrogen) atoms. The maximum Gasteiger partial charge on any atom is 0.224 e. The van der Waals surface area contributed by atoms with Crippen molar-refractivity contribution in [2.75, 3.05) is 16.8 Å². The summed E-state index contributed by atoms with van der Waals surface area (Å²) in [6.45, 7) is 0. The van der Waals surface area contributed by atoms with Crippen LogP contribution in [-0.4, -0.2) is 30.8 Å². The lowest BCUT2D eigenvalue weighted by Gasteiger charge is -2.21. The molecule has 1 amide bonds. The third kappa shape index (κ3) is 4.63. The van der Waals surface area contributed by atoms with Gasteiger partial charge >= 0.3 is 0 Å². The normalized spacial score (nSPS) is 19.3. The molecule has 1 aliphatic rings. The molecule has 0 radical (unpaired) electrons. The largest absolute Gasteiger partial charge is 0.324 e. The van der Waals surface area contributed by atoms with Gasteiger partial charge in [0.15, 0.2) is 9.84 Å². The van der Waals surface area contributed by atoms with Crippen molar-refractivity contribution in [1.82, 2.24) is 4.98 Å². The lowest BCUT2D eigenvalue weighted by molar-refractivity contribution is -0.117. The van der Waals surface area contributed by atoms with E-state index in [2.05, 4.69) is 10.3 Å². The first kappa shape index (κ1) is 17.5. The number of aromatic nitrogens is 1. The molecule has 1 fully saturated rings. The lowest BCUT2D eigenvalue weighted by Crippen LogP contribution is -2.28. The minimum absolute atomic E-state index is 0.0597. The molecule has 1 aliphatic heterocycles. The molecule has 1 N–H and O–H groups in total. The molecule has 1 aromatic carbocycles. The minimum atomic E-state index is -3.04. The van der Waals surface area contributed by atoms with Gasteiger partial charge in [-0.25, -0.2) is 12.8 Å². The van der Waals surface area contributed by atoms with Crippen LogP contribution in [-0.2, 0) is 14.6 Å². The topological polar surface area (TPSA) is 76.1 Å². The monoisotopic (exact) mass is 362 g/mol. The lowest BCUT2D eigenvalue weighted by atomic mass is 10.0. The number of nitrogens with one attached hydrogen (secondary N) is 1. The van der Waals surface area contributed by atoms with Gasteiger partial charge in [-0.2, -0.15) is 0 Å². The third-order valence-electron chi connectivity index (χ3n) is 4.26. The van der Waals surface area contributed by atoms with Gasteiger partial charge in [-0.1, -0.05) is 12.1 Å². The van der Waals surface area contributed by atoms with E-state index in [-0.39, 0.29) is 35.6 Å². The summed E-state index contributed by atoms with van der Waals surface area (Å²) in [6.07, 6.45) is 4.56. The Hall–Kier alpha value is -2.28. The second kappa shape index (κ2) is 7.31. The number of pyridine rings is 1. The van der Waals surface area contributed by atoms with E-state index in [1.165, 1.54) is 18.3 Å². The van der Waals surface area contributed by atoms with Crippen LogP contribution in [0.25, 0.3) is 11.1 Å². The summed E-state index contributed by atoms with van der Waals surface area (Å²) >= 11 is 0. The number of nitrogens with zero attached hydrogens (tertiary/aromatic N) is 1. The molecule has 7 heteroatoms. The van der Waals surface area contributed by atoms with Crippen LogP contribution in [0.3, 0.4) is 0 Å². The van der Waals surface area contributed by atoms with E-state index < -0.39 is 9.84 Å². The molecule has 2 heterocycles. The number of carbonyl (C=O) groups excluding carboxylic acids is 1. The molecule has 2 aromatic rings. The van der Waals surface area contributed by atoms with Crippen LogP contribution in [0.4, 0.5) is 10.1 Å². The van der Waals surface area contributed by atoms with Crippen LogP contribution in [0, 0.1) is 11.7 Å². The Morgan fingerprint density at radius 2 is 2.16 bits per heavy atom. The molecule has 1 saturated heterocycles. The van der Waals surface area contributed by atoms with E-state index in [0.717, 1.165) is 6.42 Å². The van der Waals surface area contributed by atoms with Crippen LogP contribution in [0.1, 0.15) is 19.3 Å². The Morgan fingerprint density at radius 3 is 2.92 bits per heavy atom. The van der Waals surface area contributed by atoms with Crippen LogP contribution in [0.15, 0.2) is 42.7 Å². The number of sulfone groups is 1. The highest BCUT2D eigenvalue weighted by molar-refractivity contribution is 7.91. The van der Waals surface area contributed by atoms with E-state index >= 15 is 0 Å². The van der Waals surface area contributed by atoms with Gasteiger partial charge in [0.25, 0.3) is 0 Å². The highest BCUT2D eigenvalue weighted by Crippen LogP contribution is 2.28. The van der Waals surface area contributed by atoms with Gasteiger partial charge in [0.2, 0.25) is 5.91 Å². The van der Waals surface area contributed by atoms with E-state index in [9.17, 15) is 17.6 Å². The van der Waals surface area contributed by atoms with Crippen molar-refractivity contribution >= 4 is 21.4 Å². The minimum Gasteiger partial charge on any atom is -0.324 e. The SMILES string of the molecule is O=C(CC1CCCS(=O)(=O)C1)Nc1cnccc1-c1cccc(F)c1. The van der Waals surface area contributed by atoms with Crippen LogP contribution in [0.5, 0.6) is 0 Å². The first-order valence-corrected chi connectivity index (χ1v) is 9.95. The van der Waals surface area contributed by atoms with Crippen molar-refractivity contribution in [2.24, 2.45) is 5.92 Å². The maximum atomic E-state index is 13.5. The summed E-state index contributed by atoms with van der Waals surface area (Å²) in [6, 6.07) is 7.80. The maximum absolute atomic E-state index is 13.5. The van der Waals surface area contributed by atoms with Crippen molar-refractivity contribution in [2.45, 2.75) is 19.3 Å². The molecule has 1 aromatic heterocycles. The van der Waals surface area contributed by atoms with E-state index in [1.807, 2.05) is 0 Å². The molecule has 5 nitrogen and oxygen atoms in total. The molecule has 0 saturated carbocycles. The van der Waals surface area contributed by atoms with Gasteiger partial charge in [-0.3, -0.25) is 9.78 Å². The number of amides is 1. The fourth-order valence-corrected chi connectivity index (χ4v) is 4.92. The van der Waals surface area contributed by atoms with Gasteiger partial charge in [-0.05, 0) is 42.5 Å². The summed E-state index contributed by atoms with van der Waals surface area (Å²) in [5.41, 5.74) is 1.79. The number of hydrogen-bond acceptors (Lipinski definition) is 4. The molecule has 1 unspecified atom stereocenters. The predicted octanol–water partition coefficient (Wildman–Crippen LogP) is 3.04. The number of carbonyl (C=O) groups is 1. The van der Waals surface area contributed by atoms with E-state index in [4.69, 9.17) is 0 Å². The Bertz CT molecular complexity index is 883. The number of benzene rings is 1. The summed E-state index contributed by atoms with van der Waals surface area (Å²) in [4.78, 5) is 16.3. The van der Waals surface area contributed by atoms with Gasteiger partial charge in [-0.15, -0.1) is 0 Å². The quantitative estimate of drug-likeness (QED) is 0.907. The van der Waals surface area contributed by atoms with Crippen molar-refractivity contribution in [3.8, 4) is 11.1 Å². The van der Waals surface area contributed by atoms with E-state index in [1.54, 1.807) is 24.4 Å². The molecule has 0 spiro atoms. The number of rotatable bonds is 4. The first-order chi connectivity index (χ1) is 11.9. The summed E-state index contributed by atoms with van der Waals surface area (Å²) < 4.78 is 36.9. The highest BCUT2D eigenvalue weighted by Gasteiger charge is 2.26. The van der Waals surface area contributed by atoms with Crippen molar-refractivity contribution < 1.29 is 17.6 Å². The first-order valence-electron chi connectivity index (χ1n) is 8.13. The van der Waals surface area contributed by atoms with Crippen molar-refractivity contribution in [1.29, 1.82) is 0 Å². The molecule has 132 valence electrons. The van der Waals surface area contributed by atoms with Crippen molar-refractivity contribution in [3.63, 3.8) is 0 Å². The molecular formula is C18H19FN2O3S. The Labute approximate surface area is 146 Å². The van der Waals surface area contributed by atoms with Gasteiger partial charge < -0.3 is 5.32 Å². The van der Waals surface area contributed by atoms with Gasteiger partial charge in [0.1, 0.15) is 5.82 Å².